The Bertz CT molecular complexity index is 1140. The molecule has 31 heavy (non-hydrogen) atoms. The van der Waals surface area contributed by atoms with Crippen molar-refractivity contribution in [1.82, 2.24) is 14.8 Å². The van der Waals surface area contributed by atoms with E-state index in [0.717, 1.165) is 16.1 Å². The molecule has 1 atom stereocenters. The third kappa shape index (κ3) is 4.50. The summed E-state index contributed by atoms with van der Waals surface area (Å²) in [6, 6.07) is 21.2. The van der Waals surface area contributed by atoms with E-state index in [1.165, 1.54) is 11.8 Å². The fraction of sp³-hybridized carbons (Fsp3) is 0.174. The van der Waals surface area contributed by atoms with Crippen LogP contribution in [-0.2, 0) is 9.53 Å². The molecule has 0 bridgehead atoms. The predicted molar refractivity (Wildman–Crippen MR) is 123 cm³/mol. The lowest BCUT2D eigenvalue weighted by molar-refractivity contribution is -0.142. The normalized spacial score (nSPS) is 11.8. The molecule has 0 aliphatic carbocycles. The second-order valence-corrected chi connectivity index (χ2v) is 8.47. The van der Waals surface area contributed by atoms with Crippen molar-refractivity contribution in [3.8, 4) is 22.1 Å². The number of esters is 1. The van der Waals surface area contributed by atoms with E-state index in [2.05, 4.69) is 10.2 Å². The Balaban J connectivity index is 1.83. The van der Waals surface area contributed by atoms with Crippen molar-refractivity contribution in [2.75, 3.05) is 13.7 Å². The van der Waals surface area contributed by atoms with Gasteiger partial charge in [-0.3, -0.25) is 9.36 Å². The monoisotopic (exact) mass is 451 g/mol. The van der Waals surface area contributed by atoms with Crippen molar-refractivity contribution in [1.29, 1.82) is 0 Å². The third-order valence-electron chi connectivity index (χ3n) is 4.53. The van der Waals surface area contributed by atoms with Crippen LogP contribution in [0.25, 0.3) is 16.4 Å². The standard InChI is InChI=1S/C23H21N3O3S2/c1-3-29-22(27)20(16-10-5-4-6-11-16)31-23-25-24-21(19-14-9-15-30-19)26(23)17-12-7-8-13-18(17)28-2/h4-15,20H,3H2,1-2H3. The summed E-state index contributed by atoms with van der Waals surface area (Å²) in [4.78, 5) is 13.8. The molecule has 4 rings (SSSR count). The van der Waals surface area contributed by atoms with E-state index in [9.17, 15) is 4.79 Å². The average Bonchev–Trinajstić information content (AvgIpc) is 3.48. The molecule has 8 heteroatoms. The molecule has 1 unspecified atom stereocenters. The minimum atomic E-state index is -0.574. The maximum Gasteiger partial charge on any atom is 0.324 e. The van der Waals surface area contributed by atoms with Crippen molar-refractivity contribution in [2.24, 2.45) is 0 Å². The molecular weight excluding hydrogens is 430 g/mol. The zero-order valence-corrected chi connectivity index (χ0v) is 18.7. The summed E-state index contributed by atoms with van der Waals surface area (Å²) in [5, 5.41) is 10.9. The number of ether oxygens (including phenoxy) is 2. The number of benzene rings is 2. The number of methoxy groups -OCH3 is 1. The van der Waals surface area contributed by atoms with Gasteiger partial charge in [0.15, 0.2) is 11.0 Å². The largest absolute Gasteiger partial charge is 0.495 e. The van der Waals surface area contributed by atoms with Crippen LogP contribution in [0.2, 0.25) is 0 Å². The Labute approximate surface area is 188 Å². The van der Waals surface area contributed by atoms with Crippen molar-refractivity contribution in [2.45, 2.75) is 17.3 Å². The van der Waals surface area contributed by atoms with Gasteiger partial charge >= 0.3 is 5.97 Å². The molecule has 0 spiro atoms. The van der Waals surface area contributed by atoms with Crippen LogP contribution in [0.15, 0.2) is 77.3 Å². The van der Waals surface area contributed by atoms with E-state index in [-0.39, 0.29) is 5.97 Å². The molecule has 2 aromatic carbocycles. The first-order chi connectivity index (χ1) is 15.2. The number of hydrogen-bond donors (Lipinski definition) is 0. The summed E-state index contributed by atoms with van der Waals surface area (Å²) in [7, 11) is 1.63. The van der Waals surface area contributed by atoms with Gasteiger partial charge in [-0.25, -0.2) is 0 Å². The molecule has 0 aliphatic rings. The van der Waals surface area contributed by atoms with Crippen molar-refractivity contribution >= 4 is 29.1 Å². The Hall–Kier alpha value is -3.10. The summed E-state index contributed by atoms with van der Waals surface area (Å²) in [5.41, 5.74) is 1.65. The van der Waals surface area contributed by atoms with Gasteiger partial charge in [0.1, 0.15) is 11.0 Å². The van der Waals surface area contributed by atoms with Crippen LogP contribution < -0.4 is 4.74 Å². The third-order valence-corrected chi connectivity index (χ3v) is 6.57. The molecule has 2 heterocycles. The molecule has 0 N–H and O–H groups in total. The van der Waals surface area contributed by atoms with Gasteiger partial charge in [0.05, 0.1) is 24.3 Å². The summed E-state index contributed by atoms with van der Waals surface area (Å²) in [6.45, 7) is 2.11. The summed E-state index contributed by atoms with van der Waals surface area (Å²) >= 11 is 2.89. The maximum absolute atomic E-state index is 12.8. The van der Waals surface area contributed by atoms with Crippen LogP contribution in [-0.4, -0.2) is 34.5 Å². The van der Waals surface area contributed by atoms with Gasteiger partial charge in [0.25, 0.3) is 0 Å². The topological polar surface area (TPSA) is 66.2 Å². The fourth-order valence-electron chi connectivity index (χ4n) is 3.15. The molecule has 0 amide bonds. The first-order valence-corrected chi connectivity index (χ1v) is 11.5. The first kappa shape index (κ1) is 21.1. The second kappa shape index (κ2) is 9.80. The van der Waals surface area contributed by atoms with Crippen LogP contribution in [0.4, 0.5) is 0 Å². The van der Waals surface area contributed by atoms with Crippen LogP contribution in [0.5, 0.6) is 5.75 Å². The molecule has 4 aromatic rings. The minimum absolute atomic E-state index is 0.308. The Kier molecular flexibility index (Phi) is 6.69. The minimum Gasteiger partial charge on any atom is -0.495 e. The maximum atomic E-state index is 12.8. The van der Waals surface area contributed by atoms with Crippen LogP contribution in [0.1, 0.15) is 17.7 Å². The number of thiophene rings is 1. The van der Waals surface area contributed by atoms with Gasteiger partial charge in [0, 0.05) is 0 Å². The van der Waals surface area contributed by atoms with Gasteiger partial charge in [-0.15, -0.1) is 21.5 Å². The lowest BCUT2D eigenvalue weighted by Gasteiger charge is -2.17. The lowest BCUT2D eigenvalue weighted by Crippen LogP contribution is -2.14. The number of carbonyl (C=O) groups excluding carboxylic acids is 1. The highest BCUT2D eigenvalue weighted by Crippen LogP contribution is 2.40. The van der Waals surface area contributed by atoms with E-state index >= 15 is 0 Å². The summed E-state index contributed by atoms with van der Waals surface area (Å²) in [6.07, 6.45) is 0. The number of thioether (sulfide) groups is 1. The zero-order chi connectivity index (χ0) is 21.6. The number of carbonyl (C=O) groups is 1. The average molecular weight is 452 g/mol. The molecule has 0 saturated carbocycles. The number of aromatic nitrogens is 3. The highest BCUT2D eigenvalue weighted by atomic mass is 32.2. The van der Waals surface area contributed by atoms with Crippen molar-refractivity contribution < 1.29 is 14.3 Å². The predicted octanol–water partition coefficient (Wildman–Crippen LogP) is 5.40. The second-order valence-electron chi connectivity index (χ2n) is 6.45. The van der Waals surface area contributed by atoms with Gasteiger partial charge in [-0.2, -0.15) is 0 Å². The van der Waals surface area contributed by atoms with Crippen LogP contribution >= 0.6 is 23.1 Å². The highest BCUT2D eigenvalue weighted by molar-refractivity contribution is 8.00. The van der Waals surface area contributed by atoms with Crippen LogP contribution in [0, 0.1) is 0 Å². The first-order valence-electron chi connectivity index (χ1n) is 9.73. The molecule has 0 saturated heterocycles. The molecule has 2 aromatic heterocycles. The zero-order valence-electron chi connectivity index (χ0n) is 17.1. The van der Waals surface area contributed by atoms with Gasteiger partial charge in [-0.1, -0.05) is 60.3 Å². The molecule has 6 nitrogen and oxygen atoms in total. The Morgan fingerprint density at radius 1 is 1.06 bits per heavy atom. The van der Waals surface area contributed by atoms with E-state index < -0.39 is 5.25 Å². The quantitative estimate of drug-likeness (QED) is 0.264. The van der Waals surface area contributed by atoms with E-state index in [4.69, 9.17) is 9.47 Å². The van der Waals surface area contributed by atoms with E-state index in [1.807, 2.05) is 76.7 Å². The van der Waals surface area contributed by atoms with Gasteiger partial charge < -0.3 is 9.47 Å². The number of nitrogens with zero attached hydrogens (tertiary/aromatic N) is 3. The molecule has 0 radical (unpaired) electrons. The molecule has 0 fully saturated rings. The van der Waals surface area contributed by atoms with Gasteiger partial charge in [-0.05, 0) is 36.1 Å². The van der Waals surface area contributed by atoms with E-state index in [0.29, 0.717) is 23.3 Å². The number of hydrogen-bond acceptors (Lipinski definition) is 7. The summed E-state index contributed by atoms with van der Waals surface area (Å²) in [5.74, 6) is 1.07. The smallest absolute Gasteiger partial charge is 0.324 e. The lowest BCUT2D eigenvalue weighted by atomic mass is 10.1. The Morgan fingerprint density at radius 2 is 1.84 bits per heavy atom. The summed E-state index contributed by atoms with van der Waals surface area (Å²) < 4.78 is 12.9. The van der Waals surface area contributed by atoms with E-state index in [1.54, 1.807) is 25.4 Å². The van der Waals surface area contributed by atoms with Crippen molar-refractivity contribution in [3.05, 3.63) is 77.7 Å². The number of para-hydroxylation sites is 2. The Morgan fingerprint density at radius 3 is 2.55 bits per heavy atom. The van der Waals surface area contributed by atoms with Crippen molar-refractivity contribution in [3.63, 3.8) is 0 Å². The fourth-order valence-corrected chi connectivity index (χ4v) is 4.89. The van der Waals surface area contributed by atoms with Gasteiger partial charge in [0.2, 0.25) is 0 Å². The SMILES string of the molecule is CCOC(=O)C(Sc1nnc(-c2cccs2)n1-c1ccccc1OC)c1ccccc1. The molecule has 0 aliphatic heterocycles. The number of rotatable bonds is 8. The molecular formula is C23H21N3O3S2. The molecule has 158 valence electrons. The van der Waals surface area contributed by atoms with Crippen LogP contribution in [0.3, 0.4) is 0 Å². The highest BCUT2D eigenvalue weighted by Gasteiger charge is 2.28.